The third-order valence-corrected chi connectivity index (χ3v) is 5.35. The van der Waals surface area contributed by atoms with E-state index in [1.165, 1.54) is 24.3 Å². The van der Waals surface area contributed by atoms with Crippen LogP contribution in [0.25, 0.3) is 6.08 Å². The first-order valence-electron chi connectivity index (χ1n) is 9.93. The fourth-order valence-electron chi connectivity index (χ4n) is 3.32. The standard InChI is InChI=1S/C22H23ClN4O4/c1-2-22(29)26-13-11-25(12-14-26)18-7-5-17(6-8-18)24-21(28)10-4-16-3-9-19(23)20(15-16)27(30)31/h3-10,15H,2,11-14H2,1H3,(H,24,28)/b10-4+. The third kappa shape index (κ3) is 5.82. The van der Waals surface area contributed by atoms with Crippen LogP contribution in [0.1, 0.15) is 18.9 Å². The number of benzene rings is 2. The van der Waals surface area contributed by atoms with Gasteiger partial charge in [0.25, 0.3) is 5.69 Å². The van der Waals surface area contributed by atoms with Gasteiger partial charge < -0.3 is 15.1 Å². The van der Waals surface area contributed by atoms with E-state index in [1.807, 2.05) is 36.1 Å². The second-order valence-corrected chi connectivity index (χ2v) is 7.47. The first kappa shape index (κ1) is 22.3. The zero-order valence-corrected chi connectivity index (χ0v) is 17.8. The number of halogens is 1. The Hall–Kier alpha value is -3.39. The number of anilines is 2. The maximum atomic E-state index is 12.2. The largest absolute Gasteiger partial charge is 0.368 e. The number of hydrogen-bond acceptors (Lipinski definition) is 5. The molecular formula is C22H23ClN4O4. The Morgan fingerprint density at radius 1 is 1.13 bits per heavy atom. The highest BCUT2D eigenvalue weighted by Crippen LogP contribution is 2.25. The minimum absolute atomic E-state index is 0.0464. The second-order valence-electron chi connectivity index (χ2n) is 7.06. The number of nitrogens with zero attached hydrogens (tertiary/aromatic N) is 3. The Bertz CT molecular complexity index is 999. The molecule has 0 spiro atoms. The lowest BCUT2D eigenvalue weighted by atomic mass is 10.2. The molecule has 0 unspecified atom stereocenters. The summed E-state index contributed by atoms with van der Waals surface area (Å²) in [4.78, 5) is 38.4. The van der Waals surface area contributed by atoms with Crippen molar-refractivity contribution in [1.29, 1.82) is 0 Å². The summed E-state index contributed by atoms with van der Waals surface area (Å²) in [6, 6.07) is 11.8. The van der Waals surface area contributed by atoms with Gasteiger partial charge in [0.15, 0.2) is 0 Å². The maximum absolute atomic E-state index is 12.2. The van der Waals surface area contributed by atoms with Crippen LogP contribution in [0, 0.1) is 10.1 Å². The minimum Gasteiger partial charge on any atom is -0.368 e. The van der Waals surface area contributed by atoms with Gasteiger partial charge in [-0.3, -0.25) is 19.7 Å². The molecule has 2 amide bonds. The van der Waals surface area contributed by atoms with Crippen LogP contribution in [-0.2, 0) is 9.59 Å². The molecule has 1 aliphatic heterocycles. The molecule has 31 heavy (non-hydrogen) atoms. The number of rotatable bonds is 6. The maximum Gasteiger partial charge on any atom is 0.288 e. The molecule has 2 aromatic carbocycles. The first-order valence-corrected chi connectivity index (χ1v) is 10.3. The molecule has 0 bridgehead atoms. The first-order chi connectivity index (χ1) is 14.9. The van der Waals surface area contributed by atoms with Crippen molar-refractivity contribution in [2.45, 2.75) is 13.3 Å². The quantitative estimate of drug-likeness (QED) is 0.415. The molecule has 9 heteroatoms. The molecular weight excluding hydrogens is 420 g/mol. The van der Waals surface area contributed by atoms with E-state index < -0.39 is 4.92 Å². The van der Waals surface area contributed by atoms with Crippen LogP contribution in [0.3, 0.4) is 0 Å². The van der Waals surface area contributed by atoms with E-state index in [0.29, 0.717) is 30.8 Å². The summed E-state index contributed by atoms with van der Waals surface area (Å²) in [7, 11) is 0. The van der Waals surface area contributed by atoms with Gasteiger partial charge in [0.05, 0.1) is 4.92 Å². The van der Waals surface area contributed by atoms with Crippen LogP contribution >= 0.6 is 11.6 Å². The molecule has 1 N–H and O–H groups in total. The molecule has 1 fully saturated rings. The summed E-state index contributed by atoms with van der Waals surface area (Å²) in [5.41, 5.74) is 1.97. The molecule has 8 nitrogen and oxygen atoms in total. The van der Waals surface area contributed by atoms with Gasteiger partial charge in [0.2, 0.25) is 11.8 Å². The molecule has 0 saturated carbocycles. The number of carbonyl (C=O) groups is 2. The predicted octanol–water partition coefficient (Wildman–Crippen LogP) is 3.96. The van der Waals surface area contributed by atoms with Gasteiger partial charge in [-0.05, 0) is 42.0 Å². The highest BCUT2D eigenvalue weighted by molar-refractivity contribution is 6.32. The van der Waals surface area contributed by atoms with E-state index in [9.17, 15) is 19.7 Å². The van der Waals surface area contributed by atoms with E-state index in [1.54, 1.807) is 6.07 Å². The number of hydrogen-bond donors (Lipinski definition) is 1. The summed E-state index contributed by atoms with van der Waals surface area (Å²) >= 11 is 5.79. The molecule has 1 aliphatic rings. The fraction of sp³-hybridized carbons (Fsp3) is 0.273. The number of amides is 2. The Labute approximate surface area is 185 Å². The molecule has 1 saturated heterocycles. The lowest BCUT2D eigenvalue weighted by Gasteiger charge is -2.36. The Kier molecular flexibility index (Phi) is 7.25. The van der Waals surface area contributed by atoms with Crippen molar-refractivity contribution in [2.75, 3.05) is 36.4 Å². The van der Waals surface area contributed by atoms with Gasteiger partial charge in [-0.2, -0.15) is 0 Å². The Balaban J connectivity index is 1.56. The summed E-state index contributed by atoms with van der Waals surface area (Å²) in [5.74, 6) is -0.170. The predicted molar refractivity (Wildman–Crippen MR) is 121 cm³/mol. The topological polar surface area (TPSA) is 95.8 Å². The zero-order chi connectivity index (χ0) is 22.4. The van der Waals surface area contributed by atoms with E-state index in [0.717, 1.165) is 18.8 Å². The van der Waals surface area contributed by atoms with E-state index in [4.69, 9.17) is 11.6 Å². The van der Waals surface area contributed by atoms with Crippen LogP contribution < -0.4 is 10.2 Å². The molecule has 0 radical (unpaired) electrons. The van der Waals surface area contributed by atoms with Crippen molar-refractivity contribution < 1.29 is 14.5 Å². The molecule has 2 aromatic rings. The Morgan fingerprint density at radius 3 is 2.42 bits per heavy atom. The summed E-state index contributed by atoms with van der Waals surface area (Å²) in [6.45, 7) is 4.83. The van der Waals surface area contributed by atoms with Crippen molar-refractivity contribution in [3.8, 4) is 0 Å². The van der Waals surface area contributed by atoms with Crippen LogP contribution in [0.4, 0.5) is 17.1 Å². The van der Waals surface area contributed by atoms with Crippen LogP contribution in [0.5, 0.6) is 0 Å². The smallest absolute Gasteiger partial charge is 0.288 e. The van der Waals surface area contributed by atoms with Crippen molar-refractivity contribution in [2.24, 2.45) is 0 Å². The molecule has 1 heterocycles. The zero-order valence-electron chi connectivity index (χ0n) is 17.1. The van der Waals surface area contributed by atoms with Gasteiger partial charge in [-0.15, -0.1) is 0 Å². The SMILES string of the molecule is CCC(=O)N1CCN(c2ccc(NC(=O)/C=C/c3ccc(Cl)c([N+](=O)[O-])c3)cc2)CC1. The van der Waals surface area contributed by atoms with Gasteiger partial charge in [-0.25, -0.2) is 0 Å². The van der Waals surface area contributed by atoms with E-state index >= 15 is 0 Å². The van der Waals surface area contributed by atoms with Gasteiger partial charge >= 0.3 is 0 Å². The summed E-state index contributed by atoms with van der Waals surface area (Å²) in [5, 5.41) is 13.8. The number of nitro groups is 1. The third-order valence-electron chi connectivity index (χ3n) is 5.03. The van der Waals surface area contributed by atoms with Gasteiger partial charge in [0, 0.05) is 56.1 Å². The van der Waals surface area contributed by atoms with Crippen LogP contribution in [-0.4, -0.2) is 47.8 Å². The average molecular weight is 443 g/mol. The van der Waals surface area contributed by atoms with E-state index in [-0.39, 0.29) is 22.5 Å². The van der Waals surface area contributed by atoms with Crippen LogP contribution in [0.15, 0.2) is 48.5 Å². The molecule has 0 aliphatic carbocycles. The molecule has 162 valence electrons. The number of piperazine rings is 1. The van der Waals surface area contributed by atoms with E-state index in [2.05, 4.69) is 10.2 Å². The van der Waals surface area contributed by atoms with Crippen molar-refractivity contribution in [1.82, 2.24) is 4.90 Å². The monoisotopic (exact) mass is 442 g/mol. The second kappa shape index (κ2) is 10.1. The minimum atomic E-state index is -0.567. The Morgan fingerprint density at radius 2 is 1.81 bits per heavy atom. The van der Waals surface area contributed by atoms with Crippen molar-refractivity contribution in [3.05, 3.63) is 69.2 Å². The molecule has 0 atom stereocenters. The number of nitro benzene ring substituents is 1. The number of carbonyl (C=O) groups excluding carboxylic acids is 2. The number of nitrogens with one attached hydrogen (secondary N) is 1. The van der Waals surface area contributed by atoms with Crippen molar-refractivity contribution in [3.63, 3.8) is 0 Å². The van der Waals surface area contributed by atoms with Crippen molar-refractivity contribution >= 4 is 46.6 Å². The summed E-state index contributed by atoms with van der Waals surface area (Å²) < 4.78 is 0. The normalized spacial score (nSPS) is 14.0. The molecule has 0 aromatic heterocycles. The molecule has 3 rings (SSSR count). The summed E-state index contributed by atoms with van der Waals surface area (Å²) in [6.07, 6.45) is 3.33. The fourth-order valence-corrected chi connectivity index (χ4v) is 3.51. The lowest BCUT2D eigenvalue weighted by Crippen LogP contribution is -2.48. The highest BCUT2D eigenvalue weighted by Gasteiger charge is 2.20. The van der Waals surface area contributed by atoms with Gasteiger partial charge in [-0.1, -0.05) is 24.6 Å². The van der Waals surface area contributed by atoms with Crippen LogP contribution in [0.2, 0.25) is 5.02 Å². The average Bonchev–Trinajstić information content (AvgIpc) is 2.78. The highest BCUT2D eigenvalue weighted by atomic mass is 35.5. The van der Waals surface area contributed by atoms with Gasteiger partial charge in [0.1, 0.15) is 5.02 Å². The lowest BCUT2D eigenvalue weighted by molar-refractivity contribution is -0.384.